The first kappa shape index (κ1) is 15.9. The van der Waals surface area contributed by atoms with E-state index in [0.29, 0.717) is 17.7 Å². The van der Waals surface area contributed by atoms with Crippen LogP contribution >= 0.6 is 27.3 Å². The standard InChI is InChI=1S/C11H14BrNO5S2/c1-6-9(4-10(12)19-6)20(16,17)13-5-7-2-3-8(18-7)11(14)15/h4,7-8,13H,2-3,5H2,1H3,(H,14,15). The van der Waals surface area contributed by atoms with Gasteiger partial charge < -0.3 is 9.84 Å². The summed E-state index contributed by atoms with van der Waals surface area (Å²) in [5.74, 6) is -1.01. The van der Waals surface area contributed by atoms with Crippen molar-refractivity contribution in [1.29, 1.82) is 0 Å². The molecule has 2 unspecified atom stereocenters. The zero-order valence-electron chi connectivity index (χ0n) is 10.6. The van der Waals surface area contributed by atoms with Crippen LogP contribution in [0.5, 0.6) is 0 Å². The lowest BCUT2D eigenvalue weighted by molar-refractivity contribution is -0.149. The van der Waals surface area contributed by atoms with Gasteiger partial charge in [0.25, 0.3) is 0 Å². The number of hydrogen-bond donors (Lipinski definition) is 2. The Morgan fingerprint density at radius 2 is 2.30 bits per heavy atom. The molecule has 1 aromatic heterocycles. The van der Waals surface area contributed by atoms with Gasteiger partial charge in [0.15, 0.2) is 6.10 Å². The van der Waals surface area contributed by atoms with Gasteiger partial charge in [0.05, 0.1) is 14.8 Å². The monoisotopic (exact) mass is 383 g/mol. The van der Waals surface area contributed by atoms with Crippen LogP contribution in [0.2, 0.25) is 0 Å². The molecule has 9 heteroatoms. The average molecular weight is 384 g/mol. The van der Waals surface area contributed by atoms with E-state index in [-0.39, 0.29) is 11.4 Å². The summed E-state index contributed by atoms with van der Waals surface area (Å²) in [5.41, 5.74) is 0. The van der Waals surface area contributed by atoms with Crippen molar-refractivity contribution < 1.29 is 23.1 Å². The quantitative estimate of drug-likeness (QED) is 0.807. The Balaban J connectivity index is 1.97. The number of aryl methyl sites for hydroxylation is 1. The fraction of sp³-hybridized carbons (Fsp3) is 0.545. The highest BCUT2D eigenvalue weighted by Crippen LogP contribution is 2.29. The van der Waals surface area contributed by atoms with Crippen LogP contribution in [0, 0.1) is 6.92 Å². The van der Waals surface area contributed by atoms with Gasteiger partial charge in [-0.25, -0.2) is 17.9 Å². The second-order valence-electron chi connectivity index (χ2n) is 4.49. The summed E-state index contributed by atoms with van der Waals surface area (Å²) in [6.45, 7) is 1.82. The molecular formula is C11H14BrNO5S2. The van der Waals surface area contributed by atoms with Crippen molar-refractivity contribution in [3.05, 3.63) is 14.7 Å². The van der Waals surface area contributed by atoms with E-state index in [2.05, 4.69) is 20.7 Å². The first-order valence-corrected chi connectivity index (χ1v) is 9.02. The Hall–Kier alpha value is -0.480. The Morgan fingerprint density at radius 3 is 2.80 bits per heavy atom. The van der Waals surface area contributed by atoms with Crippen molar-refractivity contribution in [2.45, 2.75) is 36.9 Å². The smallest absolute Gasteiger partial charge is 0.332 e. The van der Waals surface area contributed by atoms with E-state index in [4.69, 9.17) is 9.84 Å². The molecule has 0 aliphatic carbocycles. The third-order valence-corrected chi connectivity index (χ3v) is 6.25. The third-order valence-electron chi connectivity index (χ3n) is 3.02. The van der Waals surface area contributed by atoms with Gasteiger partial charge in [0.2, 0.25) is 10.0 Å². The van der Waals surface area contributed by atoms with Crippen LogP contribution in [0.3, 0.4) is 0 Å². The topological polar surface area (TPSA) is 92.7 Å². The summed E-state index contributed by atoms with van der Waals surface area (Å²) in [6.07, 6.45) is -0.286. The molecule has 2 N–H and O–H groups in total. The number of carboxylic acid groups (broad SMARTS) is 1. The summed E-state index contributed by atoms with van der Waals surface area (Å²) in [7, 11) is -3.59. The van der Waals surface area contributed by atoms with Crippen molar-refractivity contribution in [3.8, 4) is 0 Å². The third kappa shape index (κ3) is 3.59. The molecule has 0 saturated carbocycles. The summed E-state index contributed by atoms with van der Waals surface area (Å²) < 4.78 is 32.8. The van der Waals surface area contributed by atoms with Gasteiger partial charge in [-0.15, -0.1) is 11.3 Å². The van der Waals surface area contributed by atoms with E-state index in [1.54, 1.807) is 13.0 Å². The van der Waals surface area contributed by atoms with Gasteiger partial charge in [-0.2, -0.15) is 0 Å². The molecule has 2 atom stereocenters. The number of hydrogen-bond acceptors (Lipinski definition) is 5. The fourth-order valence-electron chi connectivity index (χ4n) is 2.02. The van der Waals surface area contributed by atoms with Gasteiger partial charge in [0, 0.05) is 11.4 Å². The molecule has 0 amide bonds. The number of halogens is 1. The number of carboxylic acids is 1. The van der Waals surface area contributed by atoms with E-state index in [0.717, 1.165) is 3.79 Å². The Bertz CT molecular complexity index is 612. The molecule has 0 radical (unpaired) electrons. The molecule has 1 fully saturated rings. The predicted molar refractivity (Wildman–Crippen MR) is 77.5 cm³/mol. The molecule has 6 nitrogen and oxygen atoms in total. The molecule has 2 heterocycles. The van der Waals surface area contributed by atoms with Crippen LogP contribution in [0.4, 0.5) is 0 Å². The molecular weight excluding hydrogens is 370 g/mol. The number of ether oxygens (including phenoxy) is 1. The lowest BCUT2D eigenvalue weighted by atomic mass is 10.2. The minimum atomic E-state index is -3.59. The molecule has 1 aromatic rings. The maximum absolute atomic E-state index is 12.1. The highest BCUT2D eigenvalue weighted by Gasteiger charge is 2.31. The molecule has 20 heavy (non-hydrogen) atoms. The average Bonchev–Trinajstić information content (AvgIpc) is 2.93. The Labute approximate surface area is 129 Å². The van der Waals surface area contributed by atoms with E-state index in [1.807, 2.05) is 0 Å². The van der Waals surface area contributed by atoms with Crippen molar-refractivity contribution in [2.24, 2.45) is 0 Å². The van der Waals surface area contributed by atoms with E-state index in [9.17, 15) is 13.2 Å². The van der Waals surface area contributed by atoms with Gasteiger partial charge in [-0.05, 0) is 41.8 Å². The highest BCUT2D eigenvalue weighted by molar-refractivity contribution is 9.11. The second kappa shape index (κ2) is 6.10. The molecule has 0 bridgehead atoms. The van der Waals surface area contributed by atoms with Crippen LogP contribution in [0.25, 0.3) is 0 Å². The van der Waals surface area contributed by atoms with Crippen LogP contribution in [0.1, 0.15) is 17.7 Å². The molecule has 1 aliphatic heterocycles. The van der Waals surface area contributed by atoms with Crippen molar-refractivity contribution in [1.82, 2.24) is 4.72 Å². The lowest BCUT2D eigenvalue weighted by Gasteiger charge is -2.12. The zero-order valence-corrected chi connectivity index (χ0v) is 13.8. The van der Waals surface area contributed by atoms with Gasteiger partial charge in [-0.3, -0.25) is 0 Å². The van der Waals surface area contributed by atoms with Crippen molar-refractivity contribution >= 4 is 43.3 Å². The van der Waals surface area contributed by atoms with Crippen molar-refractivity contribution in [3.63, 3.8) is 0 Å². The van der Waals surface area contributed by atoms with Crippen LogP contribution in [-0.4, -0.2) is 38.2 Å². The van der Waals surface area contributed by atoms with E-state index in [1.165, 1.54) is 11.3 Å². The molecule has 2 rings (SSSR count). The summed E-state index contributed by atoms with van der Waals surface area (Å²) in [5, 5.41) is 8.81. The van der Waals surface area contributed by atoms with E-state index >= 15 is 0 Å². The number of rotatable bonds is 5. The number of aliphatic carboxylic acids is 1. The van der Waals surface area contributed by atoms with Gasteiger partial charge in [-0.1, -0.05) is 0 Å². The Kier molecular flexibility index (Phi) is 4.85. The molecule has 1 saturated heterocycles. The first-order chi connectivity index (χ1) is 9.29. The van der Waals surface area contributed by atoms with E-state index < -0.39 is 28.2 Å². The minimum Gasteiger partial charge on any atom is -0.479 e. The lowest BCUT2D eigenvalue weighted by Crippen LogP contribution is -2.33. The maximum atomic E-state index is 12.1. The fourth-order valence-corrected chi connectivity index (χ4v) is 5.49. The summed E-state index contributed by atoms with van der Waals surface area (Å²) in [4.78, 5) is 11.7. The molecule has 1 aliphatic rings. The number of sulfonamides is 1. The van der Waals surface area contributed by atoms with Crippen molar-refractivity contribution in [2.75, 3.05) is 6.54 Å². The Morgan fingerprint density at radius 1 is 1.60 bits per heavy atom. The van der Waals surface area contributed by atoms with Crippen LogP contribution in [0.15, 0.2) is 14.7 Å². The van der Waals surface area contributed by atoms with Crippen LogP contribution in [-0.2, 0) is 19.6 Å². The minimum absolute atomic E-state index is 0.0824. The second-order valence-corrected chi connectivity index (χ2v) is 8.86. The molecule has 112 valence electrons. The molecule has 0 spiro atoms. The summed E-state index contributed by atoms with van der Waals surface area (Å²) >= 11 is 4.60. The number of nitrogens with one attached hydrogen (secondary N) is 1. The predicted octanol–water partition coefficient (Wildman–Crippen LogP) is 1.73. The van der Waals surface area contributed by atoms with Gasteiger partial charge in [0.1, 0.15) is 0 Å². The van der Waals surface area contributed by atoms with Crippen LogP contribution < -0.4 is 4.72 Å². The summed E-state index contributed by atoms with van der Waals surface area (Å²) in [6, 6.07) is 1.55. The molecule has 0 aromatic carbocycles. The highest BCUT2D eigenvalue weighted by atomic mass is 79.9. The SMILES string of the molecule is Cc1sc(Br)cc1S(=O)(=O)NCC1CCC(C(=O)O)O1. The van der Waals surface area contributed by atoms with Gasteiger partial charge >= 0.3 is 5.97 Å². The first-order valence-electron chi connectivity index (χ1n) is 5.93. The normalized spacial score (nSPS) is 23.1. The largest absolute Gasteiger partial charge is 0.479 e. The maximum Gasteiger partial charge on any atom is 0.332 e. The zero-order chi connectivity index (χ0) is 14.9. The number of carbonyl (C=O) groups is 1. The number of thiophene rings is 1.